The van der Waals surface area contributed by atoms with Crippen LogP contribution in [0.3, 0.4) is 0 Å². The van der Waals surface area contributed by atoms with Gasteiger partial charge in [-0.25, -0.2) is 0 Å². The van der Waals surface area contributed by atoms with E-state index in [9.17, 15) is 0 Å². The molecule has 1 heteroatoms. The fourth-order valence-corrected chi connectivity index (χ4v) is 12.5. The first kappa shape index (κ1) is 36.9. The molecule has 8 aromatic carbocycles. The zero-order valence-corrected chi connectivity index (χ0v) is 35.8. The van der Waals surface area contributed by atoms with Crippen molar-refractivity contribution in [2.45, 2.75) is 44.1 Å². The van der Waals surface area contributed by atoms with Gasteiger partial charge in [-0.3, -0.25) is 0 Å². The van der Waals surface area contributed by atoms with Gasteiger partial charge in [-0.15, -0.1) is 0 Å². The van der Waals surface area contributed by atoms with Crippen LogP contribution in [0.25, 0.3) is 44.2 Å². The molecule has 3 aliphatic carbocycles. The molecule has 12 rings (SSSR count). The number of hydrogen-bond donors (Lipinski definition) is 0. The molecule has 1 aliphatic heterocycles. The third-order valence-corrected chi connectivity index (χ3v) is 15.0. The number of nitrogens with zero attached hydrogens (tertiary/aromatic N) is 1. The first-order valence-electron chi connectivity index (χ1n) is 22.3. The second-order valence-corrected chi connectivity index (χ2v) is 18.3. The first-order chi connectivity index (χ1) is 30.3. The minimum absolute atomic E-state index is 0.340. The van der Waals surface area contributed by atoms with E-state index in [1.54, 1.807) is 5.57 Å². The lowest BCUT2D eigenvalue weighted by molar-refractivity contribution is 0.462. The third kappa shape index (κ3) is 4.91. The molecule has 0 saturated carbocycles. The summed E-state index contributed by atoms with van der Waals surface area (Å²) in [5, 5.41) is 2.64. The van der Waals surface area contributed by atoms with E-state index in [0.717, 1.165) is 0 Å². The molecule has 0 aromatic heterocycles. The summed E-state index contributed by atoms with van der Waals surface area (Å²) in [6, 6.07) is 70.3. The van der Waals surface area contributed by atoms with Crippen LogP contribution in [-0.2, 0) is 10.8 Å². The molecule has 62 heavy (non-hydrogen) atoms. The van der Waals surface area contributed by atoms with E-state index >= 15 is 0 Å². The molecule has 0 amide bonds. The highest BCUT2D eigenvalue weighted by Crippen LogP contribution is 2.68. The number of benzene rings is 8. The summed E-state index contributed by atoms with van der Waals surface area (Å²) < 4.78 is 0. The van der Waals surface area contributed by atoms with Crippen molar-refractivity contribution in [3.63, 3.8) is 0 Å². The van der Waals surface area contributed by atoms with E-state index < -0.39 is 11.0 Å². The van der Waals surface area contributed by atoms with Gasteiger partial charge in [-0.2, -0.15) is 0 Å². The Kier molecular flexibility index (Phi) is 8.04. The summed E-state index contributed by atoms with van der Waals surface area (Å²) >= 11 is 0. The molecule has 0 radical (unpaired) electrons. The fourth-order valence-electron chi connectivity index (χ4n) is 12.5. The summed E-state index contributed by atoms with van der Waals surface area (Å²) in [4.78, 5) is 2.75. The lowest BCUT2D eigenvalue weighted by Crippen LogP contribution is -2.56. The van der Waals surface area contributed by atoms with Gasteiger partial charge in [0.25, 0.3) is 0 Å². The first-order valence-corrected chi connectivity index (χ1v) is 22.3. The molecule has 4 aliphatic rings. The Morgan fingerprint density at radius 2 is 0.919 bits per heavy atom. The maximum atomic E-state index is 2.75. The third-order valence-electron chi connectivity index (χ3n) is 15.0. The van der Waals surface area contributed by atoms with Gasteiger partial charge < -0.3 is 4.90 Å². The maximum Gasteiger partial charge on any atom is 0.0833 e. The van der Waals surface area contributed by atoms with Crippen LogP contribution in [0, 0.1) is 11.8 Å². The Bertz CT molecular complexity index is 3110. The summed E-state index contributed by atoms with van der Waals surface area (Å²) in [6.07, 6.45) is 10.1. The Morgan fingerprint density at radius 1 is 0.452 bits per heavy atom. The van der Waals surface area contributed by atoms with Crippen LogP contribution in [0.1, 0.15) is 55.5 Å². The predicted molar refractivity (Wildman–Crippen MR) is 260 cm³/mol. The van der Waals surface area contributed by atoms with Gasteiger partial charge in [0.05, 0.1) is 16.6 Å². The van der Waals surface area contributed by atoms with Gasteiger partial charge in [-0.05, 0) is 110 Å². The highest BCUT2D eigenvalue weighted by molar-refractivity contribution is 6.11. The lowest BCUT2D eigenvalue weighted by atomic mass is 9.54. The molecular weight excluding hydrogens is 747 g/mol. The number of fused-ring (bicyclic) bond motifs is 9. The molecule has 0 bridgehead atoms. The molecule has 0 saturated heterocycles. The van der Waals surface area contributed by atoms with Gasteiger partial charge in [0.1, 0.15) is 0 Å². The van der Waals surface area contributed by atoms with Crippen LogP contribution in [0.2, 0.25) is 0 Å². The SMILES string of the molecule is CC1C=CC2(C)C3=C1C(C)C=CC3(C)N(c1ccc(-c3ccc(-c4ccccc4)cc3)cc1)c1c3c(c4ccccc4c12)C(c1ccccc1)(c1ccccc1)c1ccccc1-3. The zero-order chi connectivity index (χ0) is 41.8. The summed E-state index contributed by atoms with van der Waals surface area (Å²) in [7, 11) is 0. The van der Waals surface area contributed by atoms with Gasteiger partial charge in [-0.1, -0.05) is 220 Å². The highest BCUT2D eigenvalue weighted by Gasteiger charge is 2.58. The van der Waals surface area contributed by atoms with Crippen molar-refractivity contribution in [3.05, 3.63) is 251 Å². The number of hydrogen-bond acceptors (Lipinski definition) is 1. The minimum Gasteiger partial charge on any atom is -0.327 e. The normalized spacial score (nSPS) is 22.5. The van der Waals surface area contributed by atoms with Crippen LogP contribution in [0.15, 0.2) is 224 Å². The van der Waals surface area contributed by atoms with E-state index in [2.05, 4.69) is 245 Å². The number of allylic oxidation sites excluding steroid dienone is 4. The van der Waals surface area contributed by atoms with Crippen LogP contribution < -0.4 is 4.90 Å². The standard InChI is InChI=1S/C61H49N/c1-40-36-38-59(3)56-50-25-15-14-24-49(50)55-54(51-26-16-17-27-52(51)61(55,46-20-10-6-11-21-46)47-22-12-7-13-23-47)57(56)62(60(4)39-37-41(2)53(40)58(59)60)48-34-32-45(33-35-48)44-30-28-43(29-31-44)42-18-8-5-9-19-42/h5-41H,1-4H3. The second-order valence-electron chi connectivity index (χ2n) is 18.3. The van der Waals surface area contributed by atoms with Gasteiger partial charge >= 0.3 is 0 Å². The second kappa shape index (κ2) is 13.5. The minimum atomic E-state index is -0.554. The monoisotopic (exact) mass is 795 g/mol. The van der Waals surface area contributed by atoms with E-state index in [1.807, 2.05) is 0 Å². The van der Waals surface area contributed by atoms with Crippen molar-refractivity contribution in [3.8, 4) is 33.4 Å². The average Bonchev–Trinajstić information content (AvgIpc) is 3.64. The van der Waals surface area contributed by atoms with E-state index in [-0.39, 0.29) is 5.41 Å². The Hall–Kier alpha value is -6.96. The Balaban J connectivity index is 1.19. The maximum absolute atomic E-state index is 2.75. The van der Waals surface area contributed by atoms with Gasteiger partial charge in [0.2, 0.25) is 0 Å². The largest absolute Gasteiger partial charge is 0.327 e. The zero-order valence-electron chi connectivity index (χ0n) is 35.8. The molecule has 1 heterocycles. The van der Waals surface area contributed by atoms with Gasteiger partial charge in [0.15, 0.2) is 0 Å². The quantitative estimate of drug-likeness (QED) is 0.157. The van der Waals surface area contributed by atoms with E-state index in [0.29, 0.717) is 11.8 Å². The Morgan fingerprint density at radius 3 is 1.52 bits per heavy atom. The summed E-state index contributed by atoms with van der Waals surface area (Å²) in [5.74, 6) is 0.680. The number of anilines is 2. The number of rotatable bonds is 5. The predicted octanol–water partition coefficient (Wildman–Crippen LogP) is 15.4. The Labute approximate surface area is 366 Å². The van der Waals surface area contributed by atoms with E-state index in [1.165, 1.54) is 88.9 Å². The molecule has 0 fully saturated rings. The molecule has 0 N–H and O–H groups in total. The molecular formula is C61H49N. The highest BCUT2D eigenvalue weighted by atomic mass is 15.2. The van der Waals surface area contributed by atoms with Crippen molar-refractivity contribution in [1.82, 2.24) is 0 Å². The van der Waals surface area contributed by atoms with Crippen LogP contribution >= 0.6 is 0 Å². The molecule has 0 spiro atoms. The summed E-state index contributed by atoms with van der Waals surface area (Å²) in [6.45, 7) is 9.82. The van der Waals surface area contributed by atoms with E-state index in [4.69, 9.17) is 0 Å². The fraction of sp³-hybridized carbons (Fsp3) is 0.148. The van der Waals surface area contributed by atoms with Crippen LogP contribution in [0.5, 0.6) is 0 Å². The van der Waals surface area contributed by atoms with Gasteiger partial charge in [0, 0.05) is 16.7 Å². The molecule has 298 valence electrons. The molecule has 8 aromatic rings. The topological polar surface area (TPSA) is 3.24 Å². The van der Waals surface area contributed by atoms with Crippen molar-refractivity contribution >= 4 is 22.1 Å². The average molecular weight is 796 g/mol. The van der Waals surface area contributed by atoms with Crippen molar-refractivity contribution < 1.29 is 0 Å². The van der Waals surface area contributed by atoms with Crippen molar-refractivity contribution in [2.75, 3.05) is 4.90 Å². The summed E-state index contributed by atoms with van der Waals surface area (Å²) in [5.41, 5.74) is 18.4. The van der Waals surface area contributed by atoms with Crippen molar-refractivity contribution in [2.24, 2.45) is 11.8 Å². The smallest absolute Gasteiger partial charge is 0.0833 e. The van der Waals surface area contributed by atoms with Crippen LogP contribution in [-0.4, -0.2) is 5.54 Å². The molecule has 4 unspecified atom stereocenters. The van der Waals surface area contributed by atoms with Crippen LogP contribution in [0.4, 0.5) is 11.4 Å². The molecule has 4 atom stereocenters. The van der Waals surface area contributed by atoms with Crippen molar-refractivity contribution in [1.29, 1.82) is 0 Å². The lowest BCUT2D eigenvalue weighted by Gasteiger charge is -2.59. The molecule has 1 nitrogen and oxygen atoms in total.